The monoisotopic (exact) mass is 280 g/mol. The van der Waals surface area contributed by atoms with Crippen LogP contribution in [-0.2, 0) is 6.42 Å². The van der Waals surface area contributed by atoms with Gasteiger partial charge >= 0.3 is 0 Å². The van der Waals surface area contributed by atoms with Crippen LogP contribution in [0.3, 0.4) is 0 Å². The van der Waals surface area contributed by atoms with E-state index >= 15 is 0 Å². The molecule has 1 aliphatic heterocycles. The highest BCUT2D eigenvalue weighted by atomic mass is 32.1. The van der Waals surface area contributed by atoms with Gasteiger partial charge in [0.1, 0.15) is 5.75 Å². The van der Waals surface area contributed by atoms with Gasteiger partial charge in [-0.05, 0) is 29.1 Å². The molecule has 0 amide bonds. The van der Waals surface area contributed by atoms with E-state index in [1.54, 1.807) is 11.3 Å². The molecule has 0 bridgehead atoms. The molecule has 0 atom stereocenters. The Labute approximate surface area is 120 Å². The molecule has 0 unspecified atom stereocenters. The standard InChI is InChI=1S/C17H12O2S/c18-16(13-6-3-5-11-8-9-19-17(11)13)15-10-12-4-1-2-7-14(12)20-15/h1-7,10H,8-9H2. The van der Waals surface area contributed by atoms with Crippen molar-refractivity contribution in [1.29, 1.82) is 0 Å². The fourth-order valence-corrected chi connectivity index (χ4v) is 3.64. The number of rotatable bonds is 2. The van der Waals surface area contributed by atoms with Gasteiger partial charge in [-0.3, -0.25) is 4.79 Å². The van der Waals surface area contributed by atoms with Crippen molar-refractivity contribution in [3.05, 3.63) is 64.5 Å². The van der Waals surface area contributed by atoms with Gasteiger partial charge in [-0.15, -0.1) is 11.3 Å². The van der Waals surface area contributed by atoms with Crippen molar-refractivity contribution in [3.8, 4) is 5.75 Å². The van der Waals surface area contributed by atoms with Crippen LogP contribution in [0.2, 0.25) is 0 Å². The quantitative estimate of drug-likeness (QED) is 0.661. The third kappa shape index (κ3) is 1.74. The van der Waals surface area contributed by atoms with Crippen LogP contribution in [0.4, 0.5) is 0 Å². The predicted molar refractivity (Wildman–Crippen MR) is 80.9 cm³/mol. The van der Waals surface area contributed by atoms with Gasteiger partial charge in [0.05, 0.1) is 17.0 Å². The first-order valence-electron chi connectivity index (χ1n) is 6.61. The molecule has 2 aromatic carbocycles. The van der Waals surface area contributed by atoms with Crippen molar-refractivity contribution in [2.75, 3.05) is 6.61 Å². The van der Waals surface area contributed by atoms with Crippen LogP contribution in [0.5, 0.6) is 5.75 Å². The van der Waals surface area contributed by atoms with Gasteiger partial charge < -0.3 is 4.74 Å². The molecular weight excluding hydrogens is 268 g/mol. The molecule has 0 radical (unpaired) electrons. The van der Waals surface area contributed by atoms with Gasteiger partial charge in [-0.25, -0.2) is 0 Å². The molecule has 0 N–H and O–H groups in total. The van der Waals surface area contributed by atoms with Gasteiger partial charge in [-0.2, -0.15) is 0 Å². The van der Waals surface area contributed by atoms with Crippen LogP contribution in [-0.4, -0.2) is 12.4 Å². The van der Waals surface area contributed by atoms with Crippen molar-refractivity contribution in [1.82, 2.24) is 0 Å². The summed E-state index contributed by atoms with van der Waals surface area (Å²) in [5.74, 6) is 0.833. The van der Waals surface area contributed by atoms with E-state index in [2.05, 4.69) is 0 Å². The second-order valence-corrected chi connectivity index (χ2v) is 5.95. The minimum atomic E-state index is 0.0601. The Kier molecular flexibility index (Phi) is 2.60. The number of hydrogen-bond donors (Lipinski definition) is 0. The molecule has 2 heterocycles. The van der Waals surface area contributed by atoms with Crippen molar-refractivity contribution >= 4 is 27.2 Å². The van der Waals surface area contributed by atoms with Crippen molar-refractivity contribution < 1.29 is 9.53 Å². The first-order chi connectivity index (χ1) is 9.83. The number of fused-ring (bicyclic) bond motifs is 2. The zero-order chi connectivity index (χ0) is 13.5. The van der Waals surface area contributed by atoms with E-state index in [9.17, 15) is 4.79 Å². The summed E-state index contributed by atoms with van der Waals surface area (Å²) in [4.78, 5) is 13.5. The first kappa shape index (κ1) is 11.7. The Morgan fingerprint density at radius 2 is 2.00 bits per heavy atom. The normalized spacial score (nSPS) is 13.2. The van der Waals surface area contributed by atoms with E-state index in [1.807, 2.05) is 48.5 Å². The second kappa shape index (κ2) is 4.46. The fraction of sp³-hybridized carbons (Fsp3) is 0.118. The maximum Gasteiger partial charge on any atom is 0.206 e. The van der Waals surface area contributed by atoms with Crippen LogP contribution in [0.25, 0.3) is 10.1 Å². The number of ketones is 1. The fourth-order valence-electron chi connectivity index (χ4n) is 2.62. The molecule has 3 aromatic rings. The average molecular weight is 280 g/mol. The molecule has 0 aliphatic carbocycles. The molecule has 0 fully saturated rings. The van der Waals surface area contributed by atoms with Crippen LogP contribution >= 0.6 is 11.3 Å². The molecule has 1 aliphatic rings. The second-order valence-electron chi connectivity index (χ2n) is 4.87. The maximum absolute atomic E-state index is 12.7. The molecular formula is C17H12O2S. The minimum absolute atomic E-state index is 0.0601. The predicted octanol–water partition coefficient (Wildman–Crippen LogP) is 4.07. The smallest absolute Gasteiger partial charge is 0.206 e. The SMILES string of the molecule is O=C(c1cc2ccccc2s1)c1cccc2c1OCC2. The lowest BCUT2D eigenvalue weighted by atomic mass is 10.0. The highest BCUT2D eigenvalue weighted by molar-refractivity contribution is 7.21. The Morgan fingerprint density at radius 3 is 2.90 bits per heavy atom. The summed E-state index contributed by atoms with van der Waals surface area (Å²) in [5.41, 5.74) is 1.82. The molecule has 0 spiro atoms. The lowest BCUT2D eigenvalue weighted by molar-refractivity contribution is 0.103. The number of thiophene rings is 1. The third-order valence-corrected chi connectivity index (χ3v) is 4.72. The topological polar surface area (TPSA) is 26.3 Å². The van der Waals surface area contributed by atoms with Gasteiger partial charge in [0, 0.05) is 11.1 Å². The van der Waals surface area contributed by atoms with Gasteiger partial charge in [-0.1, -0.05) is 30.3 Å². The number of para-hydroxylation sites is 1. The van der Waals surface area contributed by atoms with Crippen LogP contribution in [0, 0.1) is 0 Å². The highest BCUT2D eigenvalue weighted by Gasteiger charge is 2.22. The third-order valence-electron chi connectivity index (χ3n) is 3.61. The maximum atomic E-state index is 12.7. The zero-order valence-electron chi connectivity index (χ0n) is 10.8. The lowest BCUT2D eigenvalue weighted by Crippen LogP contribution is -2.01. The van der Waals surface area contributed by atoms with E-state index in [4.69, 9.17) is 4.74 Å². The number of carbonyl (C=O) groups excluding carboxylic acids is 1. The molecule has 0 saturated carbocycles. The molecule has 0 saturated heterocycles. The van der Waals surface area contributed by atoms with Gasteiger partial charge in [0.2, 0.25) is 5.78 Å². The van der Waals surface area contributed by atoms with E-state index in [0.29, 0.717) is 12.2 Å². The Hall–Kier alpha value is -2.13. The summed E-state index contributed by atoms with van der Waals surface area (Å²) < 4.78 is 6.77. The Morgan fingerprint density at radius 1 is 1.10 bits per heavy atom. The minimum Gasteiger partial charge on any atom is -0.492 e. The van der Waals surface area contributed by atoms with Crippen molar-refractivity contribution in [2.24, 2.45) is 0 Å². The van der Waals surface area contributed by atoms with Gasteiger partial charge in [0.15, 0.2) is 0 Å². The molecule has 20 heavy (non-hydrogen) atoms. The van der Waals surface area contributed by atoms with Gasteiger partial charge in [0.25, 0.3) is 0 Å². The van der Waals surface area contributed by atoms with E-state index in [1.165, 1.54) is 0 Å². The summed E-state index contributed by atoms with van der Waals surface area (Å²) in [6.45, 7) is 0.673. The average Bonchev–Trinajstić information content (AvgIpc) is 3.12. The van der Waals surface area contributed by atoms with Crippen LogP contribution < -0.4 is 4.74 Å². The Balaban J connectivity index is 1.83. The van der Waals surface area contributed by atoms with E-state index in [0.717, 1.165) is 32.7 Å². The van der Waals surface area contributed by atoms with E-state index < -0.39 is 0 Å². The zero-order valence-corrected chi connectivity index (χ0v) is 11.6. The first-order valence-corrected chi connectivity index (χ1v) is 7.42. The number of benzene rings is 2. The van der Waals surface area contributed by atoms with Crippen molar-refractivity contribution in [2.45, 2.75) is 6.42 Å². The Bertz CT molecular complexity index is 784. The largest absolute Gasteiger partial charge is 0.492 e. The van der Waals surface area contributed by atoms with Crippen LogP contribution in [0.1, 0.15) is 20.8 Å². The number of carbonyl (C=O) groups is 1. The lowest BCUT2D eigenvalue weighted by Gasteiger charge is -2.05. The van der Waals surface area contributed by atoms with E-state index in [-0.39, 0.29) is 5.78 Å². The summed E-state index contributed by atoms with van der Waals surface area (Å²) in [5, 5.41) is 1.12. The summed E-state index contributed by atoms with van der Waals surface area (Å²) in [6.07, 6.45) is 0.892. The van der Waals surface area contributed by atoms with Crippen LogP contribution in [0.15, 0.2) is 48.5 Å². The van der Waals surface area contributed by atoms with Crippen molar-refractivity contribution in [3.63, 3.8) is 0 Å². The molecule has 4 rings (SSSR count). The summed E-state index contributed by atoms with van der Waals surface area (Å²) in [6, 6.07) is 15.9. The number of ether oxygens (including phenoxy) is 1. The summed E-state index contributed by atoms with van der Waals surface area (Å²) in [7, 11) is 0. The summed E-state index contributed by atoms with van der Waals surface area (Å²) >= 11 is 1.54. The highest BCUT2D eigenvalue weighted by Crippen LogP contribution is 2.33. The molecule has 1 aromatic heterocycles. The molecule has 2 nitrogen and oxygen atoms in total. The molecule has 3 heteroatoms. The molecule has 98 valence electrons. The number of hydrogen-bond acceptors (Lipinski definition) is 3.